The molecule has 2 atom stereocenters. The highest BCUT2D eigenvalue weighted by molar-refractivity contribution is 7.99. The quantitative estimate of drug-likeness (QED) is 0.368. The Balaban J connectivity index is 1.46. The minimum Gasteiger partial charge on any atom is -0.399 e. The van der Waals surface area contributed by atoms with Crippen LogP contribution in [-0.2, 0) is 14.1 Å². The molecule has 10 heteroatoms. The van der Waals surface area contributed by atoms with Crippen LogP contribution >= 0.6 is 11.8 Å². The third-order valence-electron chi connectivity index (χ3n) is 6.22. The third kappa shape index (κ3) is 5.34. The number of carbonyl (C=O) groups is 1. The zero-order valence-electron chi connectivity index (χ0n) is 18.2. The van der Waals surface area contributed by atoms with E-state index in [-0.39, 0.29) is 5.91 Å². The van der Waals surface area contributed by atoms with E-state index in [1.807, 2.05) is 27.7 Å². The second kappa shape index (κ2) is 9.52. The average Bonchev–Trinajstić information content (AvgIpc) is 2.94. The molecule has 2 aliphatic heterocycles. The second-order valence-electron chi connectivity index (χ2n) is 9.02. The minimum atomic E-state index is -1.31. The first kappa shape index (κ1) is 23.5. The van der Waals surface area contributed by atoms with E-state index in [2.05, 4.69) is 9.97 Å². The number of aliphatic hydroxyl groups excluding tert-OH is 2. The molecule has 0 bridgehead atoms. The fourth-order valence-electron chi connectivity index (χ4n) is 3.61. The van der Waals surface area contributed by atoms with Crippen molar-refractivity contribution in [3.63, 3.8) is 0 Å². The molecule has 0 unspecified atom stereocenters. The molecular weight excluding hydrogens is 405 g/mol. The molecule has 1 aromatic rings. The summed E-state index contributed by atoms with van der Waals surface area (Å²) in [4.78, 5) is 22.6. The maximum atomic E-state index is 12.1. The third-order valence-corrected chi connectivity index (χ3v) is 7.13. The zero-order valence-corrected chi connectivity index (χ0v) is 19.0. The molecule has 0 aromatic carbocycles. The lowest BCUT2D eigenvalue weighted by Gasteiger charge is -2.33. The normalized spacial score (nSPS) is 24.1. The number of rotatable bonds is 7. The van der Waals surface area contributed by atoms with Crippen molar-refractivity contribution in [1.29, 1.82) is 0 Å². The Bertz CT molecular complexity index is 718. The maximum absolute atomic E-state index is 12.1. The fourth-order valence-corrected chi connectivity index (χ4v) is 4.50. The second-order valence-corrected chi connectivity index (χ2v) is 10.1. The highest BCUT2D eigenvalue weighted by Gasteiger charge is 2.51. The van der Waals surface area contributed by atoms with E-state index < -0.39 is 31.0 Å². The number of amides is 1. The summed E-state index contributed by atoms with van der Waals surface area (Å²) in [6.45, 7) is 8.80. The zero-order chi connectivity index (χ0) is 21.9. The van der Waals surface area contributed by atoms with Crippen LogP contribution in [0.1, 0.15) is 47.0 Å². The van der Waals surface area contributed by atoms with Crippen LogP contribution in [0.25, 0.3) is 0 Å². The molecule has 8 nitrogen and oxygen atoms in total. The Morgan fingerprint density at radius 1 is 1.30 bits per heavy atom. The van der Waals surface area contributed by atoms with Gasteiger partial charge >= 0.3 is 7.12 Å². The van der Waals surface area contributed by atoms with Gasteiger partial charge in [0.2, 0.25) is 0 Å². The number of thioether (sulfide) groups is 1. The Kier molecular flexibility index (Phi) is 7.45. The fraction of sp³-hybridized carbons (Fsp3) is 0.750. The Labute approximate surface area is 182 Å². The standard InChI is InChI=1S/C20H32BN3O5S/c1-19(2)20(3,4)29-21(28-19)15-10-22-18(23-11-15)30-9-7-14-6-5-8-24(12-14)17(27)16(26)13-25/h10-11,14,16,25-26H,5-9,12-13H2,1-4H3/t14-,16+/m1/s1. The van der Waals surface area contributed by atoms with Crippen molar-refractivity contribution in [2.75, 3.05) is 25.4 Å². The molecule has 3 rings (SSSR count). The predicted octanol–water partition coefficient (Wildman–Crippen LogP) is 0.850. The van der Waals surface area contributed by atoms with Gasteiger partial charge in [0.25, 0.3) is 5.91 Å². The summed E-state index contributed by atoms with van der Waals surface area (Å²) in [5.41, 5.74) is 0.0168. The molecule has 0 aliphatic carbocycles. The Morgan fingerprint density at radius 2 is 1.93 bits per heavy atom. The van der Waals surface area contributed by atoms with E-state index >= 15 is 0 Å². The first-order chi connectivity index (χ1) is 14.1. The lowest BCUT2D eigenvalue weighted by molar-refractivity contribution is -0.144. The van der Waals surface area contributed by atoms with Crippen LogP contribution in [0.5, 0.6) is 0 Å². The summed E-state index contributed by atoms with van der Waals surface area (Å²) in [5, 5.41) is 19.3. The van der Waals surface area contributed by atoms with E-state index in [1.54, 1.807) is 29.1 Å². The maximum Gasteiger partial charge on any atom is 0.498 e. The molecular formula is C20H32BN3O5S. The van der Waals surface area contributed by atoms with E-state index in [1.165, 1.54) is 0 Å². The van der Waals surface area contributed by atoms with Gasteiger partial charge < -0.3 is 24.4 Å². The van der Waals surface area contributed by atoms with Gasteiger partial charge in [-0.05, 0) is 52.9 Å². The number of hydrogen-bond acceptors (Lipinski definition) is 8. The van der Waals surface area contributed by atoms with Gasteiger partial charge in [-0.2, -0.15) is 0 Å². The number of piperidine rings is 1. The number of likely N-dealkylation sites (tertiary alicyclic amines) is 1. The topological polar surface area (TPSA) is 105 Å². The molecule has 0 radical (unpaired) electrons. The minimum absolute atomic E-state index is 0.378. The summed E-state index contributed by atoms with van der Waals surface area (Å²) in [6.07, 6.45) is 5.11. The molecule has 0 spiro atoms. The monoisotopic (exact) mass is 437 g/mol. The van der Waals surface area contributed by atoms with Crippen LogP contribution < -0.4 is 5.46 Å². The van der Waals surface area contributed by atoms with Gasteiger partial charge in [0, 0.05) is 36.7 Å². The molecule has 2 saturated heterocycles. The van der Waals surface area contributed by atoms with E-state index in [9.17, 15) is 9.90 Å². The molecule has 1 amide bonds. The summed E-state index contributed by atoms with van der Waals surface area (Å²) in [7, 11) is -0.464. The number of aromatic nitrogens is 2. The number of hydrogen-bond donors (Lipinski definition) is 2. The van der Waals surface area contributed by atoms with Crippen molar-refractivity contribution in [3.8, 4) is 0 Å². The predicted molar refractivity (Wildman–Crippen MR) is 115 cm³/mol. The SMILES string of the molecule is CC1(C)OB(c2cnc(SCC[C@H]3CCCN(C(=O)[C@@H](O)CO)C3)nc2)OC1(C)C. The first-order valence-electron chi connectivity index (χ1n) is 10.5. The van der Waals surface area contributed by atoms with E-state index in [4.69, 9.17) is 14.4 Å². The summed E-state index contributed by atoms with van der Waals surface area (Å²) in [6, 6.07) is 0. The molecule has 1 aromatic heterocycles. The van der Waals surface area contributed by atoms with Crippen LogP contribution in [0, 0.1) is 5.92 Å². The van der Waals surface area contributed by atoms with Gasteiger partial charge in [0.15, 0.2) is 11.3 Å². The van der Waals surface area contributed by atoms with Crippen LogP contribution in [0.4, 0.5) is 0 Å². The molecule has 0 saturated carbocycles. The van der Waals surface area contributed by atoms with Crippen LogP contribution in [-0.4, -0.2) is 80.9 Å². The van der Waals surface area contributed by atoms with Gasteiger partial charge in [-0.1, -0.05) is 11.8 Å². The molecule has 30 heavy (non-hydrogen) atoms. The molecule has 3 heterocycles. The van der Waals surface area contributed by atoms with Crippen LogP contribution in [0.15, 0.2) is 17.6 Å². The van der Waals surface area contributed by atoms with Crippen molar-refractivity contribution in [3.05, 3.63) is 12.4 Å². The van der Waals surface area contributed by atoms with Crippen molar-refractivity contribution in [1.82, 2.24) is 14.9 Å². The smallest absolute Gasteiger partial charge is 0.399 e. The van der Waals surface area contributed by atoms with Gasteiger partial charge in [-0.3, -0.25) is 4.79 Å². The number of nitrogens with zero attached hydrogens (tertiary/aromatic N) is 3. The lowest BCUT2D eigenvalue weighted by atomic mass is 9.81. The largest absolute Gasteiger partial charge is 0.498 e. The van der Waals surface area contributed by atoms with Gasteiger partial charge in [0.1, 0.15) is 0 Å². The number of carbonyl (C=O) groups excluding carboxylic acids is 1. The van der Waals surface area contributed by atoms with Crippen molar-refractivity contribution in [2.24, 2.45) is 5.92 Å². The molecule has 166 valence electrons. The van der Waals surface area contributed by atoms with Crippen molar-refractivity contribution < 1.29 is 24.3 Å². The van der Waals surface area contributed by atoms with E-state index in [0.29, 0.717) is 24.2 Å². The van der Waals surface area contributed by atoms with Gasteiger partial charge in [-0.15, -0.1) is 0 Å². The van der Waals surface area contributed by atoms with Crippen LogP contribution in [0.3, 0.4) is 0 Å². The van der Waals surface area contributed by atoms with Crippen LogP contribution in [0.2, 0.25) is 0 Å². The highest BCUT2D eigenvalue weighted by atomic mass is 32.2. The Morgan fingerprint density at radius 3 is 2.53 bits per heavy atom. The first-order valence-corrected chi connectivity index (χ1v) is 11.5. The average molecular weight is 437 g/mol. The van der Waals surface area contributed by atoms with Crippen molar-refractivity contribution >= 4 is 30.3 Å². The Hall–Kier alpha value is -1.20. The molecule has 2 aliphatic rings. The molecule has 2 N–H and O–H groups in total. The van der Waals surface area contributed by atoms with E-state index in [0.717, 1.165) is 30.5 Å². The summed E-state index contributed by atoms with van der Waals surface area (Å²) >= 11 is 1.59. The summed E-state index contributed by atoms with van der Waals surface area (Å²) in [5.74, 6) is 0.854. The lowest BCUT2D eigenvalue weighted by Crippen LogP contribution is -2.46. The molecule has 2 fully saturated rings. The number of aliphatic hydroxyl groups is 2. The van der Waals surface area contributed by atoms with Gasteiger partial charge in [-0.25, -0.2) is 9.97 Å². The van der Waals surface area contributed by atoms with Crippen molar-refractivity contribution in [2.45, 2.75) is 69.4 Å². The van der Waals surface area contributed by atoms with Gasteiger partial charge in [0.05, 0.1) is 17.8 Å². The highest BCUT2D eigenvalue weighted by Crippen LogP contribution is 2.36. The summed E-state index contributed by atoms with van der Waals surface area (Å²) < 4.78 is 12.1.